The number of aryl methyl sites for hydroxylation is 2. The minimum atomic E-state index is -4.85. The predicted molar refractivity (Wildman–Crippen MR) is 163 cm³/mol. The van der Waals surface area contributed by atoms with Gasteiger partial charge in [0, 0.05) is 17.4 Å². The molecule has 2 aliphatic rings. The number of halogens is 3. The number of esters is 1. The molecule has 1 fully saturated rings. The molecule has 1 saturated heterocycles. The van der Waals surface area contributed by atoms with Gasteiger partial charge in [0.05, 0.1) is 24.9 Å². The summed E-state index contributed by atoms with van der Waals surface area (Å²) in [7, 11) is 1.24. The zero-order chi connectivity index (χ0) is 33.9. The highest BCUT2D eigenvalue weighted by atomic mass is 19.4. The Morgan fingerprint density at radius 1 is 1.22 bits per heavy atom. The van der Waals surface area contributed by atoms with Crippen LogP contribution in [-0.2, 0) is 25.5 Å². The number of methoxy groups -OCH3 is 1. The molecule has 46 heavy (non-hydrogen) atoms. The first-order valence-corrected chi connectivity index (χ1v) is 15.4. The molecule has 0 saturated carbocycles. The van der Waals surface area contributed by atoms with Gasteiger partial charge in [-0.05, 0) is 78.0 Å². The van der Waals surface area contributed by atoms with E-state index in [-0.39, 0.29) is 18.7 Å². The van der Waals surface area contributed by atoms with Crippen LogP contribution in [-0.4, -0.2) is 71.2 Å². The Hall–Kier alpha value is -4.03. The number of aromatic nitrogens is 1. The molecule has 3 heterocycles. The van der Waals surface area contributed by atoms with Gasteiger partial charge >= 0.3 is 18.4 Å². The number of carbonyl (C=O) groups excluding carboxylic acids is 3. The summed E-state index contributed by atoms with van der Waals surface area (Å²) < 4.78 is 60.0. The number of nitrogens with one attached hydrogen (secondary N) is 1. The number of alkyl halides is 3. The van der Waals surface area contributed by atoms with Crippen molar-refractivity contribution in [1.29, 1.82) is 0 Å². The van der Waals surface area contributed by atoms with Crippen molar-refractivity contribution < 1.29 is 46.5 Å². The van der Waals surface area contributed by atoms with Crippen molar-refractivity contribution in [3.8, 4) is 11.5 Å². The molecule has 0 bridgehead atoms. The first-order valence-electron chi connectivity index (χ1n) is 15.4. The fourth-order valence-electron chi connectivity index (χ4n) is 6.13. The molecule has 0 radical (unpaired) electrons. The Bertz CT molecular complexity index is 1470. The summed E-state index contributed by atoms with van der Waals surface area (Å²) >= 11 is 0. The second-order valence-electron chi connectivity index (χ2n) is 12.9. The maximum absolute atomic E-state index is 14.1. The van der Waals surface area contributed by atoms with Gasteiger partial charge in [0.1, 0.15) is 34.8 Å². The lowest BCUT2D eigenvalue weighted by Crippen LogP contribution is -2.53. The molecule has 2 aliphatic heterocycles. The number of fused-ring (bicyclic) bond motifs is 3. The molecule has 2 aromatic rings. The van der Waals surface area contributed by atoms with Crippen LogP contribution in [0, 0.1) is 6.92 Å². The van der Waals surface area contributed by atoms with Crippen LogP contribution in [0.15, 0.2) is 30.9 Å². The molecule has 252 valence electrons. The van der Waals surface area contributed by atoms with E-state index in [2.05, 4.69) is 21.6 Å². The molecule has 1 aromatic carbocycles. The van der Waals surface area contributed by atoms with Gasteiger partial charge in [0.15, 0.2) is 0 Å². The maximum Gasteiger partial charge on any atom is 0.573 e. The molecule has 0 aliphatic carbocycles. The topological polar surface area (TPSA) is 116 Å². The standard InChI is InChI=1S/C33H42F3N3O7/c1-7-8-9-10-11-12-25(38-30(42)46-31(3,4)5)28(40)39-19-32(18-26(39)29(41)43-6)16-15-22-23-17-21(44-33(34,35)36)13-14-24(23)37-20(2)27(22)45-32/h7,13-14,17,25-26H,1,8-12,15-16,18-19H2,2-6H3,(H,38,42)/t25-,26-,32-/m0/s1. The predicted octanol–water partition coefficient (Wildman–Crippen LogP) is 6.31. The Balaban J connectivity index is 1.62. The number of likely N-dealkylation sites (tertiary alicyclic amines) is 1. The average Bonchev–Trinajstić information content (AvgIpc) is 3.33. The van der Waals surface area contributed by atoms with Crippen LogP contribution in [0.5, 0.6) is 11.5 Å². The zero-order valence-corrected chi connectivity index (χ0v) is 26.9. The molecule has 3 atom stereocenters. The van der Waals surface area contributed by atoms with Gasteiger partial charge in [-0.25, -0.2) is 14.6 Å². The van der Waals surface area contributed by atoms with Crippen molar-refractivity contribution in [3.05, 3.63) is 42.1 Å². The van der Waals surface area contributed by atoms with Gasteiger partial charge in [-0.1, -0.05) is 18.9 Å². The maximum atomic E-state index is 14.1. The molecule has 1 aromatic heterocycles. The number of hydrogen-bond acceptors (Lipinski definition) is 8. The Labute approximate surface area is 266 Å². The summed E-state index contributed by atoms with van der Waals surface area (Å²) in [6.45, 7) is 10.7. The van der Waals surface area contributed by atoms with E-state index in [4.69, 9.17) is 14.2 Å². The van der Waals surface area contributed by atoms with E-state index in [9.17, 15) is 27.6 Å². The van der Waals surface area contributed by atoms with E-state index >= 15 is 0 Å². The summed E-state index contributed by atoms with van der Waals surface area (Å²) in [4.78, 5) is 45.9. The fraction of sp³-hybridized carbons (Fsp3) is 0.576. The number of nitrogens with zero attached hydrogens (tertiary/aromatic N) is 2. The van der Waals surface area contributed by atoms with Gasteiger partial charge in [-0.2, -0.15) is 0 Å². The highest BCUT2D eigenvalue weighted by Gasteiger charge is 2.53. The van der Waals surface area contributed by atoms with Crippen molar-refractivity contribution in [2.24, 2.45) is 0 Å². The largest absolute Gasteiger partial charge is 0.573 e. The number of carbonyl (C=O) groups is 3. The number of allylic oxidation sites excluding steroid dienone is 1. The van der Waals surface area contributed by atoms with Gasteiger partial charge < -0.3 is 29.2 Å². The van der Waals surface area contributed by atoms with Gasteiger partial charge in [-0.3, -0.25) is 4.79 Å². The summed E-state index contributed by atoms with van der Waals surface area (Å²) in [5.74, 6) is -1.06. The lowest BCUT2D eigenvalue weighted by molar-refractivity contribution is -0.274. The van der Waals surface area contributed by atoms with E-state index in [0.29, 0.717) is 53.6 Å². The number of rotatable bonds is 10. The van der Waals surface area contributed by atoms with Crippen LogP contribution in [0.2, 0.25) is 0 Å². The van der Waals surface area contributed by atoms with E-state index < -0.39 is 47.6 Å². The van der Waals surface area contributed by atoms with Crippen molar-refractivity contribution in [3.63, 3.8) is 0 Å². The zero-order valence-electron chi connectivity index (χ0n) is 26.9. The van der Waals surface area contributed by atoms with Crippen molar-refractivity contribution >= 4 is 28.9 Å². The first-order chi connectivity index (χ1) is 21.5. The molecule has 1 N–H and O–H groups in total. The monoisotopic (exact) mass is 649 g/mol. The van der Waals surface area contributed by atoms with Crippen LogP contribution < -0.4 is 14.8 Å². The van der Waals surface area contributed by atoms with Crippen molar-refractivity contribution in [2.75, 3.05) is 13.7 Å². The quantitative estimate of drug-likeness (QED) is 0.181. The molecule has 4 rings (SSSR count). The molecular formula is C33H42F3N3O7. The smallest absolute Gasteiger partial charge is 0.483 e. The lowest BCUT2D eigenvalue weighted by atomic mass is 9.87. The molecule has 13 heteroatoms. The van der Waals surface area contributed by atoms with Crippen LogP contribution in [0.25, 0.3) is 10.9 Å². The third kappa shape index (κ3) is 8.41. The normalized spacial score (nSPS) is 20.1. The van der Waals surface area contributed by atoms with Crippen LogP contribution in [0.1, 0.15) is 77.0 Å². The van der Waals surface area contributed by atoms with E-state index in [1.165, 1.54) is 30.2 Å². The lowest BCUT2D eigenvalue weighted by Gasteiger charge is -2.36. The molecule has 1 spiro atoms. The average molecular weight is 650 g/mol. The van der Waals surface area contributed by atoms with Gasteiger partial charge in [-0.15, -0.1) is 19.8 Å². The Morgan fingerprint density at radius 2 is 1.96 bits per heavy atom. The number of alkyl carbamates (subject to hydrolysis) is 1. The second-order valence-corrected chi connectivity index (χ2v) is 12.9. The third-order valence-corrected chi connectivity index (χ3v) is 8.11. The van der Waals surface area contributed by atoms with E-state index in [1.807, 2.05) is 6.08 Å². The highest BCUT2D eigenvalue weighted by Crippen LogP contribution is 2.45. The Morgan fingerprint density at radius 3 is 2.61 bits per heavy atom. The minimum Gasteiger partial charge on any atom is -0.483 e. The summed E-state index contributed by atoms with van der Waals surface area (Å²) in [6, 6.07) is 2.02. The van der Waals surface area contributed by atoms with E-state index in [1.54, 1.807) is 27.7 Å². The highest BCUT2D eigenvalue weighted by molar-refractivity contribution is 5.91. The van der Waals surface area contributed by atoms with Crippen molar-refractivity contribution in [2.45, 2.75) is 109 Å². The van der Waals surface area contributed by atoms with Crippen LogP contribution in [0.4, 0.5) is 18.0 Å². The number of pyridine rings is 1. The summed E-state index contributed by atoms with van der Waals surface area (Å²) in [5, 5.41) is 3.17. The second kappa shape index (κ2) is 13.8. The molecule has 10 nitrogen and oxygen atoms in total. The van der Waals surface area contributed by atoms with Crippen molar-refractivity contribution in [1.82, 2.24) is 15.2 Å². The molecule has 0 unspecified atom stereocenters. The SMILES string of the molecule is C=CCCCCC[C@H](NC(=O)OC(C)(C)C)C(=O)N1C[C@]2(CCc3c(c(C)nc4ccc(OC(F)(F)F)cc34)O2)C[C@H]1C(=O)OC. The van der Waals surface area contributed by atoms with Gasteiger partial charge in [0.2, 0.25) is 5.91 Å². The number of benzene rings is 1. The Kier molecular flexibility index (Phi) is 10.4. The van der Waals surface area contributed by atoms with E-state index in [0.717, 1.165) is 19.3 Å². The minimum absolute atomic E-state index is 0.0305. The summed E-state index contributed by atoms with van der Waals surface area (Å²) in [5.41, 5.74) is -0.0987. The molecule has 2 amide bonds. The van der Waals surface area contributed by atoms with Crippen LogP contribution in [0.3, 0.4) is 0 Å². The third-order valence-electron chi connectivity index (χ3n) is 8.11. The summed E-state index contributed by atoms with van der Waals surface area (Å²) in [6.07, 6.45) is 0.604. The number of hydrogen-bond donors (Lipinski definition) is 1. The first kappa shape index (κ1) is 34.8. The molecular weight excluding hydrogens is 607 g/mol. The van der Waals surface area contributed by atoms with Crippen LogP contribution >= 0.6 is 0 Å². The number of unbranched alkanes of at least 4 members (excludes halogenated alkanes) is 3. The fourth-order valence-corrected chi connectivity index (χ4v) is 6.13. The van der Waals surface area contributed by atoms with Gasteiger partial charge in [0.25, 0.3) is 0 Å². The number of ether oxygens (including phenoxy) is 4. The number of amides is 2.